The van der Waals surface area contributed by atoms with Gasteiger partial charge in [0.25, 0.3) is 0 Å². The number of H-pyrrole nitrogens is 2. The number of rotatable bonds is 36. The molecule has 20 N–H and O–H groups in total. The van der Waals surface area contributed by atoms with Crippen molar-refractivity contribution in [2.24, 2.45) is 45.9 Å². The number of imidazole rings is 1. The van der Waals surface area contributed by atoms with E-state index in [0.29, 0.717) is 28.6 Å². The number of guanidine groups is 1. The number of benzene rings is 1. The zero-order valence-corrected chi connectivity index (χ0v) is 48.8. The van der Waals surface area contributed by atoms with E-state index in [-0.39, 0.29) is 38.2 Å². The fourth-order valence-corrected chi connectivity index (χ4v) is 8.60. The number of nitrogens with zero attached hydrogens (tertiary/aromatic N) is 2. The lowest BCUT2D eigenvalue weighted by atomic mass is 9.96. The van der Waals surface area contributed by atoms with E-state index in [2.05, 4.69) is 67.8 Å². The average Bonchev–Trinajstić information content (AvgIpc) is 4.15. The highest BCUT2D eigenvalue weighted by molar-refractivity contribution is 6.00. The summed E-state index contributed by atoms with van der Waals surface area (Å²) in [7, 11) is 0. The van der Waals surface area contributed by atoms with Gasteiger partial charge in [-0.15, -0.1) is 0 Å². The molecule has 2 heterocycles. The monoisotopic (exact) mass is 1190 g/mol. The first kappa shape index (κ1) is 70.1. The van der Waals surface area contributed by atoms with Crippen molar-refractivity contribution in [3.8, 4) is 0 Å². The summed E-state index contributed by atoms with van der Waals surface area (Å²) in [6, 6.07) is -6.43. The van der Waals surface area contributed by atoms with Crippen LogP contribution < -0.4 is 65.1 Å². The molecule has 0 aliphatic heterocycles. The van der Waals surface area contributed by atoms with Gasteiger partial charge in [0.05, 0.1) is 31.8 Å². The third-order valence-corrected chi connectivity index (χ3v) is 13.6. The Morgan fingerprint density at radius 2 is 1.08 bits per heavy atom. The Bertz CT molecular complexity index is 2850. The molecule has 0 bridgehead atoms. The zero-order chi connectivity index (χ0) is 63.8. The van der Waals surface area contributed by atoms with Crippen LogP contribution in [0, 0.1) is 23.7 Å². The van der Waals surface area contributed by atoms with E-state index in [9.17, 15) is 72.9 Å². The molecule has 0 saturated carbocycles. The second-order valence-corrected chi connectivity index (χ2v) is 21.5. The van der Waals surface area contributed by atoms with E-state index < -0.39 is 169 Å². The van der Waals surface area contributed by atoms with Gasteiger partial charge in [0.15, 0.2) is 5.96 Å². The molecule has 0 unspecified atom stereocenters. The maximum atomic E-state index is 14.5. The molecule has 0 fully saturated rings. The molecule has 10 atom stereocenters. The smallest absolute Gasteiger partial charge is 0.326 e. The number of aliphatic imine (C=N–C) groups is 1. The summed E-state index contributed by atoms with van der Waals surface area (Å²) >= 11 is 0. The van der Waals surface area contributed by atoms with Gasteiger partial charge >= 0.3 is 17.9 Å². The Kier molecular flexibility index (Phi) is 27.9. The number of amides is 9. The van der Waals surface area contributed by atoms with Crippen LogP contribution in [0.2, 0.25) is 0 Å². The standard InChI is InChI=1S/C54H82N16O15/c1-9-28(8)44(70-49(80)37(20-40(74)75)66-50(81)41(25(2)3)68-45(76)32(55)14-12-16-59-54(56)57)52(83)65-35(18-30-22-58-24-62-30)48(79)69-42(26(4)5)51(82)64-34(17-29-21-60-33-15-11-10-13-31(29)33)47(78)63-36(19-39(72)73)46(77)61-23-38(71)67-43(27(6)7)53(84)85/h10-11,13,15,21-22,24-28,32,34-37,41-44,60H,9,12,14,16-20,23,55H2,1-8H3,(H,58,62)(H,61,77)(H,63,78)(H,64,82)(H,65,83)(H,66,81)(H,67,71)(H,68,76)(H,69,79)(H,70,80)(H,72,73)(H,74,75)(H,84,85)(H4,56,57,59)/t28-,32-,34-,35-,36-,37-,41-,42-,43-,44-/m0/s1. The molecule has 0 radical (unpaired) electrons. The molecular formula is C54H82N16O15. The first-order chi connectivity index (χ1) is 39.9. The Hall–Kier alpha value is -9.16. The molecule has 0 aliphatic rings. The second-order valence-electron chi connectivity index (χ2n) is 21.5. The summed E-state index contributed by atoms with van der Waals surface area (Å²) in [4.78, 5) is 174. The minimum absolute atomic E-state index is 0.139. The van der Waals surface area contributed by atoms with E-state index in [0.717, 1.165) is 0 Å². The third-order valence-electron chi connectivity index (χ3n) is 13.6. The number of carboxylic acid groups (broad SMARTS) is 3. The predicted octanol–water partition coefficient (Wildman–Crippen LogP) is -2.90. The number of para-hydroxylation sites is 1. The van der Waals surface area contributed by atoms with Gasteiger partial charge in [-0.2, -0.15) is 0 Å². The largest absolute Gasteiger partial charge is 0.481 e. The maximum absolute atomic E-state index is 14.5. The number of hydrogen-bond acceptors (Lipinski definition) is 15. The molecular weight excluding hydrogens is 1110 g/mol. The van der Waals surface area contributed by atoms with Crippen LogP contribution in [0.5, 0.6) is 0 Å². The van der Waals surface area contributed by atoms with Crippen LogP contribution in [0.3, 0.4) is 0 Å². The van der Waals surface area contributed by atoms with Crippen LogP contribution in [0.1, 0.15) is 98.8 Å². The number of nitrogens with one attached hydrogen (secondary N) is 11. The molecule has 31 nitrogen and oxygen atoms in total. The molecule has 9 amide bonds. The third kappa shape index (κ3) is 22.8. The molecule has 3 rings (SSSR count). The molecule has 2 aromatic heterocycles. The number of fused-ring (bicyclic) bond motifs is 1. The lowest BCUT2D eigenvalue weighted by Gasteiger charge is -2.30. The van der Waals surface area contributed by atoms with Gasteiger partial charge in [0, 0.05) is 48.4 Å². The van der Waals surface area contributed by atoms with Gasteiger partial charge < -0.3 is 90.3 Å². The number of nitrogens with two attached hydrogens (primary N) is 3. The van der Waals surface area contributed by atoms with Crippen LogP contribution in [-0.2, 0) is 70.4 Å². The zero-order valence-electron chi connectivity index (χ0n) is 48.8. The number of aromatic amines is 2. The summed E-state index contributed by atoms with van der Waals surface area (Å²) in [5, 5.41) is 51.9. The lowest BCUT2D eigenvalue weighted by molar-refractivity contribution is -0.143. The van der Waals surface area contributed by atoms with Crippen LogP contribution >= 0.6 is 0 Å². The minimum Gasteiger partial charge on any atom is -0.481 e. The van der Waals surface area contributed by atoms with Crippen LogP contribution in [0.25, 0.3) is 10.9 Å². The molecule has 1 aromatic carbocycles. The first-order valence-corrected chi connectivity index (χ1v) is 27.6. The van der Waals surface area contributed by atoms with Gasteiger partial charge in [0.2, 0.25) is 53.2 Å². The Morgan fingerprint density at radius 1 is 0.588 bits per heavy atom. The summed E-state index contributed by atoms with van der Waals surface area (Å²) in [6.45, 7) is 12.1. The van der Waals surface area contributed by atoms with Gasteiger partial charge in [-0.3, -0.25) is 57.7 Å². The van der Waals surface area contributed by atoms with Crippen molar-refractivity contribution in [2.45, 2.75) is 155 Å². The van der Waals surface area contributed by atoms with E-state index in [4.69, 9.17) is 17.2 Å². The van der Waals surface area contributed by atoms with Crippen molar-refractivity contribution < 1.29 is 72.9 Å². The van der Waals surface area contributed by atoms with Gasteiger partial charge in [0.1, 0.15) is 48.3 Å². The molecule has 3 aromatic rings. The van der Waals surface area contributed by atoms with Crippen LogP contribution in [0.4, 0.5) is 0 Å². The summed E-state index contributed by atoms with van der Waals surface area (Å²) in [5.41, 5.74) is 18.2. The normalized spacial score (nSPS) is 14.8. The van der Waals surface area contributed by atoms with E-state index >= 15 is 0 Å². The quantitative estimate of drug-likeness (QED) is 0.0158. The Labute approximate surface area is 490 Å². The SMILES string of the molecule is CC[C@H](C)[C@H](NC(=O)[C@H](CC(=O)O)NC(=O)[C@@H](NC(=O)[C@@H](N)CCCN=C(N)N)C(C)C)C(=O)N[C@@H](Cc1cnc[nH]1)C(=O)N[C@H](C(=O)N[C@@H](Cc1c[nH]c2ccccc12)C(=O)N[C@@H](CC(=O)O)C(=O)NCC(=O)N[C@H](C(=O)O)C(C)C)C(C)C. The van der Waals surface area contributed by atoms with E-state index in [1.807, 2.05) is 0 Å². The second kappa shape index (κ2) is 33.8. The average molecular weight is 1200 g/mol. The number of carbonyl (C=O) groups is 12. The maximum Gasteiger partial charge on any atom is 0.326 e. The molecule has 0 spiro atoms. The molecule has 85 heavy (non-hydrogen) atoms. The molecule has 468 valence electrons. The van der Waals surface area contributed by atoms with Gasteiger partial charge in [-0.05, 0) is 48.1 Å². The molecule has 0 saturated heterocycles. The van der Waals surface area contributed by atoms with E-state index in [1.165, 1.54) is 12.5 Å². The van der Waals surface area contributed by atoms with E-state index in [1.54, 1.807) is 85.9 Å². The summed E-state index contributed by atoms with van der Waals surface area (Å²) in [5.74, 6) is -15.8. The van der Waals surface area contributed by atoms with Crippen molar-refractivity contribution in [1.82, 2.24) is 62.8 Å². The predicted molar refractivity (Wildman–Crippen MR) is 307 cm³/mol. The molecule has 0 aliphatic carbocycles. The van der Waals surface area contributed by atoms with Crippen molar-refractivity contribution >= 4 is 87.9 Å². The molecule has 31 heteroatoms. The summed E-state index contributed by atoms with van der Waals surface area (Å²) < 4.78 is 0. The highest BCUT2D eigenvalue weighted by atomic mass is 16.4. The Morgan fingerprint density at radius 3 is 1.61 bits per heavy atom. The summed E-state index contributed by atoms with van der Waals surface area (Å²) in [6.07, 6.45) is 2.47. The van der Waals surface area contributed by atoms with Gasteiger partial charge in [-0.25, -0.2) is 9.78 Å². The Balaban J connectivity index is 1.92. The number of hydrogen-bond donors (Lipinski definition) is 17. The van der Waals surface area contributed by atoms with Gasteiger partial charge in [-0.1, -0.05) is 80.0 Å². The van der Waals surface area contributed by atoms with Crippen molar-refractivity contribution in [3.63, 3.8) is 0 Å². The topological polar surface area (TPSA) is 509 Å². The van der Waals surface area contributed by atoms with Crippen molar-refractivity contribution in [1.29, 1.82) is 0 Å². The van der Waals surface area contributed by atoms with Crippen molar-refractivity contribution in [3.05, 3.63) is 54.2 Å². The highest BCUT2D eigenvalue weighted by Gasteiger charge is 2.38. The minimum atomic E-state index is -1.83. The van der Waals surface area contributed by atoms with Crippen LogP contribution in [-0.4, -0.2) is 175 Å². The fourth-order valence-electron chi connectivity index (χ4n) is 8.60. The first-order valence-electron chi connectivity index (χ1n) is 27.6. The number of aliphatic carboxylic acids is 3. The fraction of sp³-hybridized carbons (Fsp3) is 0.556. The number of carboxylic acids is 3. The lowest BCUT2D eigenvalue weighted by Crippen LogP contribution is -2.62. The highest BCUT2D eigenvalue weighted by Crippen LogP contribution is 2.20. The van der Waals surface area contributed by atoms with Crippen LogP contribution in [0.15, 0.2) is 48.0 Å². The number of aromatic nitrogens is 3. The number of carbonyl (C=O) groups excluding carboxylic acids is 9. The van der Waals surface area contributed by atoms with Crippen molar-refractivity contribution in [2.75, 3.05) is 13.1 Å².